The third kappa shape index (κ3) is 3.54. The third-order valence-corrected chi connectivity index (χ3v) is 3.91. The quantitative estimate of drug-likeness (QED) is 0.324. The number of rotatable bonds is 5. The van der Waals surface area contributed by atoms with Crippen molar-refractivity contribution in [1.29, 1.82) is 5.26 Å². The molecular weight excluding hydrogens is 411 g/mol. The molecule has 3 N–H and O–H groups in total. The molecule has 0 fully saturated rings. The van der Waals surface area contributed by atoms with Gasteiger partial charge in [-0.15, -0.1) is 10.2 Å². The number of benzene rings is 1. The number of nitrogens with one attached hydrogen (secondary N) is 1. The Hall–Kier alpha value is -2.04. The van der Waals surface area contributed by atoms with Crippen LogP contribution in [0.5, 0.6) is 5.75 Å². The van der Waals surface area contributed by atoms with Gasteiger partial charge < -0.3 is 4.74 Å². The van der Waals surface area contributed by atoms with E-state index in [2.05, 4.69) is 15.6 Å². The molecule has 11 heteroatoms. The van der Waals surface area contributed by atoms with Crippen LogP contribution >= 0.6 is 33.9 Å². The van der Waals surface area contributed by atoms with E-state index in [1.807, 2.05) is 28.7 Å². The highest BCUT2D eigenvalue weighted by atomic mass is 127. The summed E-state index contributed by atoms with van der Waals surface area (Å²) in [4.78, 5) is 10.5. The molecule has 0 saturated heterocycles. The minimum Gasteiger partial charge on any atom is -0.479 e. The van der Waals surface area contributed by atoms with Gasteiger partial charge in [0.15, 0.2) is 5.01 Å². The Morgan fingerprint density at radius 2 is 2.33 bits per heavy atom. The average molecular weight is 418 g/mol. The lowest BCUT2D eigenvalue weighted by molar-refractivity contribution is -0.386. The largest absolute Gasteiger partial charge is 0.479 e. The molecule has 108 valence electrons. The summed E-state index contributed by atoms with van der Waals surface area (Å²) in [5.41, 5.74) is 2.28. The number of hydrogen-bond acceptors (Lipinski definition) is 9. The van der Waals surface area contributed by atoms with E-state index in [0.717, 1.165) is 0 Å². The summed E-state index contributed by atoms with van der Waals surface area (Å²) in [6.45, 7) is 0.0160. The highest BCUT2D eigenvalue weighted by Gasteiger charge is 2.21. The molecule has 2 rings (SSSR count). The lowest BCUT2D eigenvalue weighted by atomic mass is 10.2. The van der Waals surface area contributed by atoms with Gasteiger partial charge in [-0.05, 0) is 28.7 Å². The molecule has 1 aromatic carbocycles. The molecule has 1 aromatic heterocycles. The van der Waals surface area contributed by atoms with Crippen molar-refractivity contribution in [3.8, 4) is 11.8 Å². The molecule has 21 heavy (non-hydrogen) atoms. The van der Waals surface area contributed by atoms with E-state index in [9.17, 15) is 10.1 Å². The molecule has 0 aliphatic carbocycles. The van der Waals surface area contributed by atoms with Crippen molar-refractivity contribution in [1.82, 2.24) is 10.2 Å². The Kier molecular flexibility index (Phi) is 4.83. The van der Waals surface area contributed by atoms with Crippen LogP contribution in [0, 0.1) is 25.0 Å². The first-order chi connectivity index (χ1) is 10.0. The van der Waals surface area contributed by atoms with Crippen LogP contribution in [0.15, 0.2) is 12.1 Å². The van der Waals surface area contributed by atoms with Crippen molar-refractivity contribution in [3.63, 3.8) is 0 Å². The summed E-state index contributed by atoms with van der Waals surface area (Å²) in [5.74, 6) is 5.28. The number of nitro benzene ring substituents is 1. The maximum Gasteiger partial charge on any atom is 0.313 e. The Balaban J connectivity index is 2.26. The summed E-state index contributed by atoms with van der Waals surface area (Å²) in [7, 11) is 0. The number of hydrazine groups is 1. The van der Waals surface area contributed by atoms with Crippen LogP contribution in [0.3, 0.4) is 0 Å². The Bertz CT molecular complexity index is 728. The maximum atomic E-state index is 11.1. The number of aromatic nitrogens is 2. The topological polar surface area (TPSA) is 140 Å². The number of anilines is 1. The monoisotopic (exact) mass is 418 g/mol. The van der Waals surface area contributed by atoms with Crippen LogP contribution in [0.4, 0.5) is 10.8 Å². The maximum absolute atomic E-state index is 11.1. The van der Waals surface area contributed by atoms with Gasteiger partial charge in [0.2, 0.25) is 10.9 Å². The fourth-order valence-electron chi connectivity index (χ4n) is 1.43. The number of nitrogens with zero attached hydrogens (tertiary/aromatic N) is 4. The molecule has 0 amide bonds. The van der Waals surface area contributed by atoms with Gasteiger partial charge in [0, 0.05) is 6.07 Å². The molecular formula is C10H7IN6O3S. The van der Waals surface area contributed by atoms with E-state index in [1.54, 1.807) is 0 Å². The van der Waals surface area contributed by atoms with Gasteiger partial charge in [0.05, 0.1) is 20.1 Å². The molecule has 0 atom stereocenters. The fourth-order valence-corrected chi connectivity index (χ4v) is 2.76. The molecule has 0 spiro atoms. The summed E-state index contributed by atoms with van der Waals surface area (Å²) in [6, 6.07) is 4.55. The molecule has 9 nitrogen and oxygen atoms in total. The second-order valence-corrected chi connectivity index (χ2v) is 5.83. The minimum atomic E-state index is -0.592. The van der Waals surface area contributed by atoms with Crippen LogP contribution < -0.4 is 16.0 Å². The zero-order chi connectivity index (χ0) is 15.4. The Morgan fingerprint density at radius 1 is 1.57 bits per heavy atom. The molecule has 1 heterocycles. The molecule has 0 saturated carbocycles. The molecule has 0 aliphatic heterocycles. The smallest absolute Gasteiger partial charge is 0.313 e. The van der Waals surface area contributed by atoms with E-state index in [4.69, 9.17) is 15.8 Å². The van der Waals surface area contributed by atoms with Gasteiger partial charge in [-0.25, -0.2) is 5.84 Å². The first-order valence-corrected chi connectivity index (χ1v) is 7.24. The highest BCUT2D eigenvalue weighted by molar-refractivity contribution is 14.1. The van der Waals surface area contributed by atoms with Gasteiger partial charge >= 0.3 is 5.69 Å². The van der Waals surface area contributed by atoms with Crippen molar-refractivity contribution in [3.05, 3.63) is 36.4 Å². The lowest BCUT2D eigenvalue weighted by Crippen LogP contribution is -2.05. The van der Waals surface area contributed by atoms with Crippen LogP contribution in [0.25, 0.3) is 0 Å². The van der Waals surface area contributed by atoms with Gasteiger partial charge in [0.25, 0.3) is 0 Å². The van der Waals surface area contributed by atoms with Crippen molar-refractivity contribution in [2.24, 2.45) is 5.84 Å². The van der Waals surface area contributed by atoms with E-state index in [1.165, 1.54) is 23.5 Å². The number of nitriles is 1. The second kappa shape index (κ2) is 6.61. The number of nitrogens with two attached hydrogens (primary N) is 1. The Labute approximate surface area is 136 Å². The van der Waals surface area contributed by atoms with Crippen LogP contribution in [-0.2, 0) is 6.61 Å². The first kappa shape index (κ1) is 15.4. The lowest BCUT2D eigenvalue weighted by Gasteiger charge is -2.07. The van der Waals surface area contributed by atoms with Crippen LogP contribution in [0.2, 0.25) is 0 Å². The average Bonchev–Trinajstić information content (AvgIpc) is 2.93. The van der Waals surface area contributed by atoms with E-state index < -0.39 is 4.92 Å². The summed E-state index contributed by atoms with van der Waals surface area (Å²) >= 11 is 3.05. The number of nitrogen functional groups attached to an aromatic ring is 1. The van der Waals surface area contributed by atoms with E-state index in [0.29, 0.717) is 13.7 Å². The fraction of sp³-hybridized carbons (Fsp3) is 0.100. The van der Waals surface area contributed by atoms with Crippen LogP contribution in [0.1, 0.15) is 10.6 Å². The number of nitro groups is 1. The van der Waals surface area contributed by atoms with E-state index in [-0.39, 0.29) is 23.6 Å². The SMILES string of the molecule is N#Cc1cc(I)c(OCc2nnc(NN)s2)c([N+](=O)[O-])c1. The molecule has 2 aromatic rings. The summed E-state index contributed by atoms with van der Waals surface area (Å²) in [6.07, 6.45) is 0. The zero-order valence-corrected chi connectivity index (χ0v) is 13.2. The number of hydrogen-bond donors (Lipinski definition) is 2. The second-order valence-electron chi connectivity index (χ2n) is 3.61. The predicted octanol–water partition coefficient (Wildman–Crippen LogP) is 1.79. The predicted molar refractivity (Wildman–Crippen MR) is 82.6 cm³/mol. The van der Waals surface area contributed by atoms with Gasteiger partial charge in [-0.1, -0.05) is 11.3 Å². The van der Waals surface area contributed by atoms with E-state index >= 15 is 0 Å². The van der Waals surface area contributed by atoms with Crippen LogP contribution in [-0.4, -0.2) is 15.1 Å². The summed E-state index contributed by atoms with van der Waals surface area (Å²) in [5, 5.41) is 28.4. The molecule has 0 unspecified atom stereocenters. The normalized spacial score (nSPS) is 9.95. The Morgan fingerprint density at radius 3 is 2.90 bits per heavy atom. The highest BCUT2D eigenvalue weighted by Crippen LogP contribution is 2.34. The molecule has 0 aliphatic rings. The standard InChI is InChI=1S/C10H7IN6O3S/c11-6-1-5(3-12)2-7(17(18)19)9(6)20-4-8-15-16-10(14-13)21-8/h1-2H,4,13H2,(H,14,16). The number of ether oxygens (including phenoxy) is 1. The zero-order valence-electron chi connectivity index (χ0n) is 10.2. The number of halogens is 1. The van der Waals surface area contributed by atoms with Crippen molar-refractivity contribution in [2.45, 2.75) is 6.61 Å². The van der Waals surface area contributed by atoms with Crippen molar-refractivity contribution >= 4 is 44.7 Å². The van der Waals surface area contributed by atoms with Gasteiger partial charge in [0.1, 0.15) is 6.61 Å². The van der Waals surface area contributed by atoms with Crippen molar-refractivity contribution in [2.75, 3.05) is 5.43 Å². The first-order valence-electron chi connectivity index (χ1n) is 5.35. The molecule has 0 bridgehead atoms. The van der Waals surface area contributed by atoms with Gasteiger partial charge in [-0.3, -0.25) is 15.5 Å². The van der Waals surface area contributed by atoms with Crippen molar-refractivity contribution < 1.29 is 9.66 Å². The minimum absolute atomic E-state index is 0.0160. The van der Waals surface area contributed by atoms with Gasteiger partial charge in [-0.2, -0.15) is 5.26 Å². The summed E-state index contributed by atoms with van der Waals surface area (Å²) < 4.78 is 5.93. The molecule has 0 radical (unpaired) electrons. The third-order valence-electron chi connectivity index (χ3n) is 2.28.